The smallest absolute Gasteiger partial charge is 0.339 e. The number of thioether (sulfide) groups is 1. The van der Waals surface area contributed by atoms with Crippen molar-refractivity contribution in [2.75, 3.05) is 5.75 Å². The van der Waals surface area contributed by atoms with Crippen LogP contribution < -0.4 is 0 Å². The van der Waals surface area contributed by atoms with Gasteiger partial charge in [0.25, 0.3) is 0 Å². The second kappa shape index (κ2) is 5.71. The zero-order valence-corrected chi connectivity index (χ0v) is 12.2. The molecule has 0 amide bonds. The van der Waals surface area contributed by atoms with Crippen LogP contribution in [0.2, 0.25) is 0 Å². The molecule has 0 N–H and O–H groups in total. The number of cyclic esters (lactones) is 1. The van der Waals surface area contributed by atoms with Crippen molar-refractivity contribution in [1.29, 1.82) is 0 Å². The van der Waals surface area contributed by atoms with Crippen LogP contribution in [0.1, 0.15) is 29.3 Å². The first-order valence-electron chi connectivity index (χ1n) is 6.82. The van der Waals surface area contributed by atoms with Gasteiger partial charge in [0.1, 0.15) is 6.61 Å². The minimum atomic E-state index is -0.233. The SMILES string of the molecule is CCCSc1ccc2c(c1)-c1ccccc1COC2=O. The standard InChI is InChI=1S/C17H16O2S/c1-2-9-20-13-7-8-15-16(10-13)14-6-4-3-5-12(14)11-19-17(15)18/h3-8,10H,2,9,11H2,1H3. The highest BCUT2D eigenvalue weighted by atomic mass is 32.2. The second-order valence-electron chi connectivity index (χ2n) is 4.79. The molecule has 2 aromatic carbocycles. The molecule has 0 atom stereocenters. The quantitative estimate of drug-likeness (QED) is 0.612. The third-order valence-corrected chi connectivity index (χ3v) is 4.55. The molecule has 3 rings (SSSR count). The van der Waals surface area contributed by atoms with E-state index in [1.54, 1.807) is 0 Å². The highest BCUT2D eigenvalue weighted by molar-refractivity contribution is 7.99. The summed E-state index contributed by atoms with van der Waals surface area (Å²) in [4.78, 5) is 13.3. The number of hydrogen-bond acceptors (Lipinski definition) is 3. The van der Waals surface area contributed by atoms with Crippen molar-refractivity contribution in [1.82, 2.24) is 0 Å². The van der Waals surface area contributed by atoms with Crippen LogP contribution in [0.3, 0.4) is 0 Å². The van der Waals surface area contributed by atoms with Crippen LogP contribution in [0.25, 0.3) is 11.1 Å². The molecule has 102 valence electrons. The summed E-state index contributed by atoms with van der Waals surface area (Å²) in [5.74, 6) is 0.855. The molecule has 0 aliphatic carbocycles. The molecular formula is C17H16O2S. The number of fused-ring (bicyclic) bond motifs is 3. The van der Waals surface area contributed by atoms with E-state index in [-0.39, 0.29) is 5.97 Å². The second-order valence-corrected chi connectivity index (χ2v) is 5.96. The van der Waals surface area contributed by atoms with Crippen molar-refractivity contribution in [2.45, 2.75) is 24.8 Å². The van der Waals surface area contributed by atoms with Crippen LogP contribution in [-0.4, -0.2) is 11.7 Å². The number of ether oxygens (including phenoxy) is 1. The maximum atomic E-state index is 12.1. The van der Waals surface area contributed by atoms with Crippen molar-refractivity contribution < 1.29 is 9.53 Å². The lowest BCUT2D eigenvalue weighted by molar-refractivity contribution is 0.0479. The Morgan fingerprint density at radius 1 is 1.10 bits per heavy atom. The molecule has 0 bridgehead atoms. The van der Waals surface area contributed by atoms with E-state index in [9.17, 15) is 4.79 Å². The lowest BCUT2D eigenvalue weighted by Gasteiger charge is -2.09. The van der Waals surface area contributed by atoms with E-state index in [4.69, 9.17) is 4.74 Å². The Labute approximate surface area is 123 Å². The molecule has 1 aliphatic heterocycles. The van der Waals surface area contributed by atoms with Gasteiger partial charge in [-0.15, -0.1) is 11.8 Å². The third-order valence-electron chi connectivity index (χ3n) is 3.35. The van der Waals surface area contributed by atoms with Crippen LogP contribution in [0, 0.1) is 0 Å². The zero-order chi connectivity index (χ0) is 13.9. The largest absolute Gasteiger partial charge is 0.457 e. The van der Waals surface area contributed by atoms with Crippen molar-refractivity contribution in [3.63, 3.8) is 0 Å². The number of carbonyl (C=O) groups excluding carboxylic acids is 1. The predicted octanol–water partition coefficient (Wildman–Crippen LogP) is 4.53. The first kappa shape index (κ1) is 13.3. The third kappa shape index (κ3) is 2.46. The fourth-order valence-corrected chi connectivity index (χ4v) is 3.17. The average molecular weight is 284 g/mol. The van der Waals surface area contributed by atoms with Crippen molar-refractivity contribution in [3.05, 3.63) is 53.6 Å². The van der Waals surface area contributed by atoms with Gasteiger partial charge in [-0.25, -0.2) is 4.79 Å². The molecule has 1 heterocycles. The van der Waals surface area contributed by atoms with Gasteiger partial charge in [-0.3, -0.25) is 0 Å². The molecule has 0 aromatic heterocycles. The molecule has 20 heavy (non-hydrogen) atoms. The Balaban J connectivity index is 2.12. The van der Waals surface area contributed by atoms with E-state index in [1.807, 2.05) is 42.1 Å². The van der Waals surface area contributed by atoms with E-state index >= 15 is 0 Å². The van der Waals surface area contributed by atoms with Gasteiger partial charge in [0, 0.05) is 4.90 Å². The lowest BCUT2D eigenvalue weighted by atomic mass is 9.97. The molecule has 0 spiro atoms. The van der Waals surface area contributed by atoms with E-state index in [1.165, 1.54) is 4.90 Å². The van der Waals surface area contributed by atoms with Gasteiger partial charge in [-0.2, -0.15) is 0 Å². The molecule has 3 heteroatoms. The van der Waals surface area contributed by atoms with Crippen molar-refractivity contribution in [3.8, 4) is 11.1 Å². The summed E-state index contributed by atoms with van der Waals surface area (Å²) in [7, 11) is 0. The summed E-state index contributed by atoms with van der Waals surface area (Å²) in [5.41, 5.74) is 3.82. The van der Waals surface area contributed by atoms with Gasteiger partial charge < -0.3 is 4.74 Å². The van der Waals surface area contributed by atoms with Crippen LogP contribution >= 0.6 is 11.8 Å². The Kier molecular flexibility index (Phi) is 3.79. The molecule has 0 fully saturated rings. The number of hydrogen-bond donors (Lipinski definition) is 0. The Morgan fingerprint density at radius 3 is 2.80 bits per heavy atom. The summed E-state index contributed by atoms with van der Waals surface area (Å²) in [6.07, 6.45) is 1.14. The molecule has 0 saturated heterocycles. The summed E-state index contributed by atoms with van der Waals surface area (Å²) < 4.78 is 5.33. The lowest BCUT2D eigenvalue weighted by Crippen LogP contribution is -2.03. The van der Waals surface area contributed by atoms with Crippen LogP contribution in [0.4, 0.5) is 0 Å². The van der Waals surface area contributed by atoms with Gasteiger partial charge in [-0.05, 0) is 47.1 Å². The predicted molar refractivity (Wildman–Crippen MR) is 82.0 cm³/mol. The van der Waals surface area contributed by atoms with Gasteiger partial charge in [-0.1, -0.05) is 31.2 Å². The van der Waals surface area contributed by atoms with E-state index < -0.39 is 0 Å². The maximum absolute atomic E-state index is 12.1. The molecule has 0 radical (unpaired) electrons. The van der Waals surface area contributed by atoms with Gasteiger partial charge in [0.05, 0.1) is 5.56 Å². The minimum absolute atomic E-state index is 0.233. The number of rotatable bonds is 3. The van der Waals surface area contributed by atoms with Gasteiger partial charge in [0.2, 0.25) is 0 Å². The highest BCUT2D eigenvalue weighted by Crippen LogP contribution is 2.34. The Hall–Kier alpha value is -1.74. The first-order chi connectivity index (χ1) is 9.79. The summed E-state index contributed by atoms with van der Waals surface area (Å²) in [5, 5.41) is 0. The van der Waals surface area contributed by atoms with Crippen LogP contribution in [0.15, 0.2) is 47.4 Å². The van der Waals surface area contributed by atoms with Crippen molar-refractivity contribution in [2.24, 2.45) is 0 Å². The Bertz CT molecular complexity index is 649. The van der Waals surface area contributed by atoms with E-state index in [0.717, 1.165) is 28.9 Å². The van der Waals surface area contributed by atoms with Crippen LogP contribution in [-0.2, 0) is 11.3 Å². The topological polar surface area (TPSA) is 26.3 Å². The minimum Gasteiger partial charge on any atom is -0.457 e. The van der Waals surface area contributed by atoms with Crippen molar-refractivity contribution >= 4 is 17.7 Å². The number of carbonyl (C=O) groups is 1. The van der Waals surface area contributed by atoms with E-state index in [0.29, 0.717) is 12.2 Å². The Morgan fingerprint density at radius 2 is 1.95 bits per heavy atom. The number of benzene rings is 2. The molecule has 0 saturated carbocycles. The molecule has 0 unspecified atom stereocenters. The van der Waals surface area contributed by atoms with E-state index in [2.05, 4.69) is 19.1 Å². The number of esters is 1. The summed E-state index contributed by atoms with van der Waals surface area (Å²) >= 11 is 1.82. The highest BCUT2D eigenvalue weighted by Gasteiger charge is 2.21. The molecular weight excluding hydrogens is 268 g/mol. The summed E-state index contributed by atoms with van der Waals surface area (Å²) in [6.45, 7) is 2.52. The normalized spacial score (nSPS) is 13.2. The molecule has 2 nitrogen and oxygen atoms in total. The molecule has 2 aromatic rings. The first-order valence-corrected chi connectivity index (χ1v) is 7.80. The van der Waals surface area contributed by atoms with Gasteiger partial charge in [0.15, 0.2) is 0 Å². The zero-order valence-electron chi connectivity index (χ0n) is 11.4. The fraction of sp³-hybridized carbons (Fsp3) is 0.235. The fourth-order valence-electron chi connectivity index (χ4n) is 2.36. The van der Waals surface area contributed by atoms with Gasteiger partial charge >= 0.3 is 5.97 Å². The van der Waals surface area contributed by atoms with Crippen LogP contribution in [0.5, 0.6) is 0 Å². The monoisotopic (exact) mass is 284 g/mol. The average Bonchev–Trinajstić information content (AvgIpc) is 2.63. The molecule has 1 aliphatic rings. The summed E-state index contributed by atoms with van der Waals surface area (Å²) in [6, 6.07) is 14.1. The maximum Gasteiger partial charge on any atom is 0.339 e.